The van der Waals surface area contributed by atoms with Crippen LogP contribution in [-0.4, -0.2) is 67.0 Å². The lowest BCUT2D eigenvalue weighted by Crippen LogP contribution is -2.51. The molecular formula is C25H32FN3O4S. The lowest BCUT2D eigenvalue weighted by molar-refractivity contribution is -0.139. The van der Waals surface area contributed by atoms with Crippen LogP contribution in [0.5, 0.6) is 0 Å². The molecule has 2 aromatic rings. The first kappa shape index (κ1) is 24.6. The normalized spacial score (nSPS) is 24.1. The highest BCUT2D eigenvalue weighted by atomic mass is 32.2. The molecule has 2 heterocycles. The van der Waals surface area contributed by atoms with E-state index in [1.807, 2.05) is 42.2 Å². The van der Waals surface area contributed by atoms with E-state index < -0.39 is 27.2 Å². The quantitative estimate of drug-likeness (QED) is 0.699. The van der Waals surface area contributed by atoms with Crippen LogP contribution in [0.15, 0.2) is 48.5 Å². The molecule has 34 heavy (non-hydrogen) atoms. The minimum atomic E-state index is -3.64. The highest BCUT2D eigenvalue weighted by Crippen LogP contribution is 2.38. The van der Waals surface area contributed by atoms with Crippen molar-refractivity contribution in [1.29, 1.82) is 0 Å². The van der Waals surface area contributed by atoms with Gasteiger partial charge in [0.05, 0.1) is 0 Å². The number of rotatable bonds is 5. The average Bonchev–Trinajstić information content (AvgIpc) is 2.82. The van der Waals surface area contributed by atoms with E-state index in [0.29, 0.717) is 50.3 Å². The minimum absolute atomic E-state index is 0.00435. The number of aliphatic hydroxyl groups is 1. The highest BCUT2D eigenvalue weighted by molar-refractivity contribution is 7.89. The van der Waals surface area contributed by atoms with Gasteiger partial charge in [0, 0.05) is 50.0 Å². The van der Waals surface area contributed by atoms with Crippen molar-refractivity contribution in [2.24, 2.45) is 0 Å². The van der Waals surface area contributed by atoms with Gasteiger partial charge >= 0.3 is 0 Å². The molecule has 0 aromatic heterocycles. The highest BCUT2D eigenvalue weighted by Gasteiger charge is 2.40. The largest absolute Gasteiger partial charge is 0.384 e. The van der Waals surface area contributed by atoms with Gasteiger partial charge in [-0.1, -0.05) is 36.4 Å². The molecule has 0 aliphatic carbocycles. The van der Waals surface area contributed by atoms with Crippen LogP contribution in [-0.2, 0) is 21.4 Å². The summed E-state index contributed by atoms with van der Waals surface area (Å²) in [6, 6.07) is 13.9. The second-order valence-corrected chi connectivity index (χ2v) is 11.2. The third-order valence-electron chi connectivity index (χ3n) is 6.87. The summed E-state index contributed by atoms with van der Waals surface area (Å²) >= 11 is 0. The van der Waals surface area contributed by atoms with E-state index in [4.69, 9.17) is 0 Å². The summed E-state index contributed by atoms with van der Waals surface area (Å²) in [4.78, 5) is 15.6. The number of piperazine rings is 1. The summed E-state index contributed by atoms with van der Waals surface area (Å²) in [7, 11) is -3.64. The Morgan fingerprint density at radius 1 is 1.09 bits per heavy atom. The van der Waals surface area contributed by atoms with Crippen LogP contribution in [0.2, 0.25) is 0 Å². The third kappa shape index (κ3) is 4.96. The number of anilines is 1. The zero-order chi connectivity index (χ0) is 24.5. The van der Waals surface area contributed by atoms with Gasteiger partial charge in [0.25, 0.3) is 5.91 Å². The number of sulfonamides is 1. The van der Waals surface area contributed by atoms with Crippen molar-refractivity contribution >= 4 is 21.6 Å². The topological polar surface area (TPSA) is 81.2 Å². The van der Waals surface area contributed by atoms with Gasteiger partial charge in [0.2, 0.25) is 10.0 Å². The number of benzene rings is 2. The molecule has 0 bridgehead atoms. The maximum atomic E-state index is 15.1. The van der Waals surface area contributed by atoms with Gasteiger partial charge in [-0.25, -0.2) is 12.8 Å². The number of hydrogen-bond acceptors (Lipinski definition) is 5. The number of halogens is 1. The molecular weight excluding hydrogens is 457 g/mol. The van der Waals surface area contributed by atoms with Gasteiger partial charge in [0.1, 0.15) is 17.2 Å². The molecule has 7 nitrogen and oxygen atoms in total. The summed E-state index contributed by atoms with van der Waals surface area (Å²) in [6.45, 7) is 5.30. The van der Waals surface area contributed by atoms with E-state index in [1.54, 1.807) is 17.0 Å². The third-order valence-corrected chi connectivity index (χ3v) is 9.24. The van der Waals surface area contributed by atoms with Crippen molar-refractivity contribution in [3.8, 4) is 0 Å². The second-order valence-electron chi connectivity index (χ2n) is 9.18. The maximum absolute atomic E-state index is 15.1. The Bertz CT molecular complexity index is 1120. The Hall–Kier alpha value is -2.49. The molecule has 2 fully saturated rings. The molecule has 2 aliphatic heterocycles. The van der Waals surface area contributed by atoms with Crippen LogP contribution in [0.4, 0.5) is 10.1 Å². The minimum Gasteiger partial charge on any atom is -0.384 e. The van der Waals surface area contributed by atoms with Crippen LogP contribution in [0.25, 0.3) is 0 Å². The Labute approximate surface area is 200 Å². The summed E-state index contributed by atoms with van der Waals surface area (Å²) < 4.78 is 43.4. The fraction of sp³-hybridized carbons (Fsp3) is 0.480. The molecule has 2 aliphatic rings. The molecule has 3 atom stereocenters. The Kier molecular flexibility index (Phi) is 7.25. The molecule has 2 saturated heterocycles. The molecule has 1 amide bonds. The number of amides is 1. The monoisotopic (exact) mass is 489 g/mol. The fourth-order valence-electron chi connectivity index (χ4n) is 4.83. The van der Waals surface area contributed by atoms with Crippen molar-refractivity contribution in [2.75, 3.05) is 31.1 Å². The van der Waals surface area contributed by atoms with Crippen molar-refractivity contribution < 1.29 is 22.7 Å². The van der Waals surface area contributed by atoms with Crippen molar-refractivity contribution in [3.05, 3.63) is 65.5 Å². The van der Waals surface area contributed by atoms with Gasteiger partial charge in [-0.2, -0.15) is 4.31 Å². The molecule has 2 aromatic carbocycles. The molecule has 0 spiro atoms. The molecule has 184 valence electrons. The van der Waals surface area contributed by atoms with Crippen molar-refractivity contribution in [1.82, 2.24) is 9.21 Å². The van der Waals surface area contributed by atoms with Crippen molar-refractivity contribution in [3.63, 3.8) is 0 Å². The van der Waals surface area contributed by atoms with E-state index >= 15 is 4.39 Å². The number of nitrogens with zero attached hydrogens (tertiary/aromatic N) is 3. The smallest absolute Gasteiger partial charge is 0.251 e. The zero-order valence-electron chi connectivity index (χ0n) is 19.6. The van der Waals surface area contributed by atoms with Crippen molar-refractivity contribution in [2.45, 2.75) is 50.6 Å². The first-order chi connectivity index (χ1) is 16.2. The van der Waals surface area contributed by atoms with Gasteiger partial charge in [-0.05, 0) is 44.4 Å². The van der Waals surface area contributed by atoms with Gasteiger partial charge in [0.15, 0.2) is 0 Å². The summed E-state index contributed by atoms with van der Waals surface area (Å²) in [5.74, 6) is -0.740. The SMILES string of the molecule is CC(O)C(=O)N1CCN(c2ccc(CN3C(C)CCC(c4ccccc4)S3(=O)=O)c(F)c2)CC1. The molecule has 3 unspecified atom stereocenters. The van der Waals surface area contributed by atoms with E-state index in [-0.39, 0.29) is 18.5 Å². The molecule has 1 N–H and O–H groups in total. The number of aliphatic hydroxyl groups excluding tert-OH is 1. The van der Waals surface area contributed by atoms with Crippen LogP contribution in [0.1, 0.15) is 43.1 Å². The first-order valence-corrected chi connectivity index (χ1v) is 13.2. The molecule has 0 radical (unpaired) electrons. The van der Waals surface area contributed by atoms with Crippen LogP contribution in [0.3, 0.4) is 0 Å². The standard InChI is InChI=1S/C25H32FN3O4S/c1-18-8-11-24(20-6-4-3-5-7-20)34(32,33)29(18)17-21-9-10-22(16-23(21)26)27-12-14-28(15-13-27)25(31)19(2)30/h3-7,9-10,16,18-19,24,30H,8,11-15,17H2,1-2H3. The second kappa shape index (κ2) is 10.0. The predicted molar refractivity (Wildman–Crippen MR) is 129 cm³/mol. The van der Waals surface area contributed by atoms with Gasteiger partial charge in [-0.3, -0.25) is 4.79 Å². The van der Waals surface area contributed by atoms with E-state index in [0.717, 1.165) is 5.56 Å². The van der Waals surface area contributed by atoms with Crippen LogP contribution in [0, 0.1) is 5.82 Å². The van der Waals surface area contributed by atoms with E-state index in [2.05, 4.69) is 0 Å². The fourth-order valence-corrected chi connectivity index (χ4v) is 7.02. The first-order valence-electron chi connectivity index (χ1n) is 11.7. The Morgan fingerprint density at radius 3 is 2.38 bits per heavy atom. The Balaban J connectivity index is 1.47. The zero-order valence-corrected chi connectivity index (χ0v) is 20.4. The van der Waals surface area contributed by atoms with Crippen LogP contribution >= 0.6 is 0 Å². The summed E-state index contributed by atoms with van der Waals surface area (Å²) in [5, 5.41) is 8.88. The van der Waals surface area contributed by atoms with E-state index in [1.165, 1.54) is 17.3 Å². The van der Waals surface area contributed by atoms with Crippen LogP contribution < -0.4 is 4.90 Å². The predicted octanol–water partition coefficient (Wildman–Crippen LogP) is 2.91. The van der Waals surface area contributed by atoms with E-state index in [9.17, 15) is 18.3 Å². The number of carbonyl (C=O) groups is 1. The average molecular weight is 490 g/mol. The lowest BCUT2D eigenvalue weighted by atomic mass is 10.0. The number of carbonyl (C=O) groups excluding carboxylic acids is 1. The van der Waals surface area contributed by atoms with Gasteiger partial charge in [-0.15, -0.1) is 0 Å². The molecule has 4 rings (SSSR count). The summed E-state index contributed by atoms with van der Waals surface area (Å²) in [6.07, 6.45) is 0.237. The van der Waals surface area contributed by atoms with Gasteiger partial charge < -0.3 is 14.9 Å². The number of hydrogen-bond donors (Lipinski definition) is 1. The molecule has 9 heteroatoms. The Morgan fingerprint density at radius 2 is 1.76 bits per heavy atom. The lowest BCUT2D eigenvalue weighted by Gasteiger charge is -2.38. The summed E-state index contributed by atoms with van der Waals surface area (Å²) in [5.41, 5.74) is 1.81. The maximum Gasteiger partial charge on any atom is 0.251 e. The molecule has 0 saturated carbocycles.